The van der Waals surface area contributed by atoms with E-state index in [1.54, 1.807) is 18.2 Å². The minimum atomic E-state index is -0.209. The van der Waals surface area contributed by atoms with Crippen LogP contribution in [0.25, 0.3) is 6.08 Å². The van der Waals surface area contributed by atoms with E-state index in [-0.39, 0.29) is 11.8 Å². The SMILES string of the molecule is CC(=O)Nc1cccc(/C=C2/NC(=S)N(c3ccc(C)cc3)C2=O)c1. The first kappa shape index (κ1) is 16.9. The number of rotatable bonds is 3. The van der Waals surface area contributed by atoms with Gasteiger partial charge in [0.1, 0.15) is 5.70 Å². The van der Waals surface area contributed by atoms with Gasteiger partial charge in [-0.3, -0.25) is 14.5 Å². The Bertz CT molecular complexity index is 888. The third-order valence-corrected chi connectivity index (χ3v) is 3.97. The zero-order valence-corrected chi connectivity index (χ0v) is 14.7. The van der Waals surface area contributed by atoms with Crippen LogP contribution in [-0.2, 0) is 9.59 Å². The molecule has 2 N–H and O–H groups in total. The summed E-state index contributed by atoms with van der Waals surface area (Å²) >= 11 is 5.30. The van der Waals surface area contributed by atoms with Gasteiger partial charge in [-0.15, -0.1) is 0 Å². The van der Waals surface area contributed by atoms with Crippen molar-refractivity contribution in [2.75, 3.05) is 10.2 Å². The molecule has 0 aliphatic carbocycles. The van der Waals surface area contributed by atoms with Crippen LogP contribution >= 0.6 is 12.2 Å². The van der Waals surface area contributed by atoms with E-state index in [2.05, 4.69) is 10.6 Å². The molecule has 1 heterocycles. The van der Waals surface area contributed by atoms with E-state index in [1.807, 2.05) is 43.3 Å². The fourth-order valence-corrected chi connectivity index (χ4v) is 2.84. The van der Waals surface area contributed by atoms with Crippen molar-refractivity contribution in [2.45, 2.75) is 13.8 Å². The number of thiocarbonyl (C=S) groups is 1. The normalized spacial score (nSPS) is 15.4. The molecule has 0 spiro atoms. The van der Waals surface area contributed by atoms with Crippen molar-refractivity contribution in [3.63, 3.8) is 0 Å². The van der Waals surface area contributed by atoms with Crippen LogP contribution in [0.15, 0.2) is 54.2 Å². The Kier molecular flexibility index (Phi) is 4.63. The Hall–Kier alpha value is -2.99. The van der Waals surface area contributed by atoms with Gasteiger partial charge in [-0.25, -0.2) is 0 Å². The Morgan fingerprint density at radius 2 is 1.92 bits per heavy atom. The Morgan fingerprint density at radius 3 is 2.60 bits per heavy atom. The molecule has 3 rings (SSSR count). The maximum absolute atomic E-state index is 12.7. The van der Waals surface area contributed by atoms with Crippen molar-refractivity contribution in [3.8, 4) is 0 Å². The number of aryl methyl sites for hydroxylation is 1. The van der Waals surface area contributed by atoms with Gasteiger partial charge in [-0.1, -0.05) is 29.8 Å². The van der Waals surface area contributed by atoms with E-state index >= 15 is 0 Å². The second-order valence-electron chi connectivity index (χ2n) is 5.77. The first-order valence-electron chi connectivity index (χ1n) is 7.75. The average molecular weight is 351 g/mol. The average Bonchev–Trinajstić information content (AvgIpc) is 2.82. The van der Waals surface area contributed by atoms with Crippen LogP contribution in [0.2, 0.25) is 0 Å². The van der Waals surface area contributed by atoms with Gasteiger partial charge < -0.3 is 10.6 Å². The smallest absolute Gasteiger partial charge is 0.281 e. The van der Waals surface area contributed by atoms with E-state index in [4.69, 9.17) is 12.2 Å². The number of nitrogens with zero attached hydrogens (tertiary/aromatic N) is 1. The number of anilines is 2. The maximum atomic E-state index is 12.7. The molecule has 0 bridgehead atoms. The lowest BCUT2D eigenvalue weighted by atomic mass is 10.1. The highest BCUT2D eigenvalue weighted by molar-refractivity contribution is 7.80. The molecule has 2 amide bonds. The van der Waals surface area contributed by atoms with Crippen molar-refractivity contribution in [1.82, 2.24) is 5.32 Å². The summed E-state index contributed by atoms with van der Waals surface area (Å²) < 4.78 is 0. The number of carbonyl (C=O) groups excluding carboxylic acids is 2. The molecule has 1 saturated heterocycles. The van der Waals surface area contributed by atoms with Gasteiger partial charge in [0.05, 0.1) is 5.69 Å². The second-order valence-corrected chi connectivity index (χ2v) is 6.16. The molecule has 126 valence electrons. The van der Waals surface area contributed by atoms with Crippen molar-refractivity contribution in [1.29, 1.82) is 0 Å². The molecule has 0 aromatic heterocycles. The minimum Gasteiger partial charge on any atom is -0.327 e. The van der Waals surface area contributed by atoms with E-state index in [9.17, 15) is 9.59 Å². The monoisotopic (exact) mass is 351 g/mol. The molecular weight excluding hydrogens is 334 g/mol. The molecule has 25 heavy (non-hydrogen) atoms. The quantitative estimate of drug-likeness (QED) is 0.658. The van der Waals surface area contributed by atoms with E-state index in [0.29, 0.717) is 16.5 Å². The van der Waals surface area contributed by atoms with Crippen LogP contribution in [-0.4, -0.2) is 16.9 Å². The van der Waals surface area contributed by atoms with Gasteiger partial charge in [0.15, 0.2) is 5.11 Å². The Balaban J connectivity index is 1.88. The number of hydrogen-bond acceptors (Lipinski definition) is 3. The number of benzene rings is 2. The highest BCUT2D eigenvalue weighted by atomic mass is 32.1. The summed E-state index contributed by atoms with van der Waals surface area (Å²) in [6.45, 7) is 3.44. The first-order valence-corrected chi connectivity index (χ1v) is 8.16. The fraction of sp³-hybridized carbons (Fsp3) is 0.105. The summed E-state index contributed by atoms with van der Waals surface area (Å²) in [5, 5.41) is 6.02. The number of amides is 2. The maximum Gasteiger partial charge on any atom is 0.281 e. The van der Waals surface area contributed by atoms with Crippen molar-refractivity contribution in [2.24, 2.45) is 0 Å². The number of nitrogens with one attached hydrogen (secondary N) is 2. The lowest BCUT2D eigenvalue weighted by Gasteiger charge is -2.13. The summed E-state index contributed by atoms with van der Waals surface area (Å²) in [6, 6.07) is 14.8. The predicted molar refractivity (Wildman–Crippen MR) is 103 cm³/mol. The molecule has 1 fully saturated rings. The topological polar surface area (TPSA) is 61.4 Å². The van der Waals surface area contributed by atoms with Crippen molar-refractivity contribution < 1.29 is 9.59 Å². The van der Waals surface area contributed by atoms with Crippen molar-refractivity contribution in [3.05, 3.63) is 65.4 Å². The van der Waals surface area contributed by atoms with Crippen LogP contribution in [0, 0.1) is 6.92 Å². The van der Waals surface area contributed by atoms with E-state index in [1.165, 1.54) is 11.8 Å². The van der Waals surface area contributed by atoms with Crippen LogP contribution in [0.5, 0.6) is 0 Å². The van der Waals surface area contributed by atoms with Gasteiger partial charge in [0.2, 0.25) is 5.91 Å². The van der Waals surface area contributed by atoms with E-state index < -0.39 is 0 Å². The van der Waals surface area contributed by atoms with Crippen molar-refractivity contribution >= 4 is 46.6 Å². The summed E-state index contributed by atoms with van der Waals surface area (Å²) in [4.78, 5) is 25.3. The zero-order chi connectivity index (χ0) is 18.0. The second kappa shape index (κ2) is 6.86. The largest absolute Gasteiger partial charge is 0.327 e. The predicted octanol–water partition coefficient (Wildman–Crippen LogP) is 3.22. The molecule has 1 aliphatic rings. The number of hydrogen-bond donors (Lipinski definition) is 2. The molecule has 0 unspecified atom stereocenters. The highest BCUT2D eigenvalue weighted by Crippen LogP contribution is 2.23. The van der Waals surface area contributed by atoms with Gasteiger partial charge in [0, 0.05) is 12.6 Å². The zero-order valence-electron chi connectivity index (χ0n) is 13.9. The number of carbonyl (C=O) groups is 2. The highest BCUT2D eigenvalue weighted by Gasteiger charge is 2.31. The molecule has 6 heteroatoms. The fourth-order valence-electron chi connectivity index (χ4n) is 2.54. The van der Waals surface area contributed by atoms with Crippen LogP contribution in [0.4, 0.5) is 11.4 Å². The summed E-state index contributed by atoms with van der Waals surface area (Å²) in [5.41, 5.74) is 3.69. The Morgan fingerprint density at radius 1 is 1.20 bits per heavy atom. The molecule has 2 aromatic carbocycles. The van der Waals surface area contributed by atoms with Crippen LogP contribution in [0.3, 0.4) is 0 Å². The third-order valence-electron chi connectivity index (χ3n) is 3.69. The molecule has 0 radical (unpaired) electrons. The summed E-state index contributed by atoms with van der Waals surface area (Å²) in [5.74, 6) is -0.356. The lowest BCUT2D eigenvalue weighted by Crippen LogP contribution is -2.30. The minimum absolute atomic E-state index is 0.147. The molecule has 0 saturated carbocycles. The summed E-state index contributed by atoms with van der Waals surface area (Å²) in [7, 11) is 0. The van der Waals surface area contributed by atoms with Crippen LogP contribution in [0.1, 0.15) is 18.1 Å². The molecule has 0 atom stereocenters. The van der Waals surface area contributed by atoms with Gasteiger partial charge in [0.25, 0.3) is 5.91 Å². The molecule has 5 nitrogen and oxygen atoms in total. The first-order chi connectivity index (χ1) is 11.9. The lowest BCUT2D eigenvalue weighted by molar-refractivity contribution is -0.114. The van der Waals surface area contributed by atoms with Gasteiger partial charge >= 0.3 is 0 Å². The van der Waals surface area contributed by atoms with Gasteiger partial charge in [-0.05, 0) is 55.0 Å². The van der Waals surface area contributed by atoms with Gasteiger partial charge in [-0.2, -0.15) is 0 Å². The van der Waals surface area contributed by atoms with E-state index in [0.717, 1.165) is 16.8 Å². The molecule has 1 aliphatic heterocycles. The molecule has 2 aromatic rings. The summed E-state index contributed by atoms with van der Waals surface area (Å²) in [6.07, 6.45) is 1.72. The molecular formula is C19H17N3O2S. The Labute approximate surface area is 151 Å². The van der Waals surface area contributed by atoms with Crippen LogP contribution < -0.4 is 15.5 Å². The standard InChI is InChI=1S/C19H17N3O2S/c1-12-6-8-16(9-7-12)22-18(24)17(21-19(22)25)11-14-4-3-5-15(10-14)20-13(2)23/h3-11H,1-2H3,(H,20,23)(H,21,25)/b17-11+. The third kappa shape index (κ3) is 3.75.